The summed E-state index contributed by atoms with van der Waals surface area (Å²) in [6.45, 7) is 0. The van der Waals surface area contributed by atoms with Gasteiger partial charge in [-0.15, -0.1) is 0 Å². The average Bonchev–Trinajstić information content (AvgIpc) is 3.03. The maximum atomic E-state index is 13.8. The predicted octanol–water partition coefficient (Wildman–Crippen LogP) is 3.42. The summed E-state index contributed by atoms with van der Waals surface area (Å²) in [6.07, 6.45) is 0. The molecular weight excluding hydrogens is 420 g/mol. The fourth-order valence-corrected chi connectivity index (χ4v) is 4.93. The number of hydrogen-bond acceptors (Lipinski definition) is 5. The zero-order chi connectivity index (χ0) is 23.2. The summed E-state index contributed by atoms with van der Waals surface area (Å²) in [7, 11) is 1.17. The predicted molar refractivity (Wildman–Crippen MR) is 120 cm³/mol. The Balaban J connectivity index is 1.72. The van der Waals surface area contributed by atoms with E-state index in [-0.39, 0.29) is 5.78 Å². The first-order chi connectivity index (χ1) is 16.0. The molecule has 0 spiro atoms. The molecule has 0 aromatic heterocycles. The highest BCUT2D eigenvalue weighted by Crippen LogP contribution is 2.56. The second-order valence-electron chi connectivity index (χ2n) is 7.95. The summed E-state index contributed by atoms with van der Waals surface area (Å²) in [5.74, 6) is -2.84. The normalized spacial score (nSPS) is 23.7. The lowest BCUT2D eigenvalue weighted by Crippen LogP contribution is -2.77. The Morgan fingerprint density at radius 3 is 1.94 bits per heavy atom. The Kier molecular flexibility index (Phi) is 4.82. The minimum atomic E-state index is -1.96. The molecule has 0 unspecified atom stereocenters. The van der Waals surface area contributed by atoms with E-state index < -0.39 is 35.4 Å². The van der Waals surface area contributed by atoms with E-state index in [4.69, 9.17) is 4.74 Å². The van der Waals surface area contributed by atoms with Crippen LogP contribution < -0.4 is 4.90 Å². The molecule has 7 heteroatoms. The molecule has 3 aromatic carbocycles. The number of methoxy groups -OCH3 is 1. The van der Waals surface area contributed by atoms with Crippen LogP contribution in [0.1, 0.15) is 21.8 Å². The van der Waals surface area contributed by atoms with Crippen molar-refractivity contribution in [1.82, 2.24) is 4.90 Å². The Hall–Kier alpha value is -4.26. The van der Waals surface area contributed by atoms with E-state index >= 15 is 0 Å². The Morgan fingerprint density at radius 2 is 1.36 bits per heavy atom. The van der Waals surface area contributed by atoms with Crippen molar-refractivity contribution < 1.29 is 23.9 Å². The third-order valence-corrected chi connectivity index (χ3v) is 6.35. The molecule has 5 rings (SSSR count). The van der Waals surface area contributed by atoms with Crippen molar-refractivity contribution in [1.29, 1.82) is 0 Å². The Labute approximate surface area is 190 Å². The fraction of sp³-hybridized carbons (Fsp3) is 0.154. The van der Waals surface area contributed by atoms with Crippen LogP contribution in [0.25, 0.3) is 0 Å². The minimum absolute atomic E-state index is 0.322. The molecule has 3 amide bonds. The van der Waals surface area contributed by atoms with Gasteiger partial charge in [0.25, 0.3) is 5.91 Å². The number of urea groups is 1. The van der Waals surface area contributed by atoms with E-state index in [2.05, 4.69) is 0 Å². The van der Waals surface area contributed by atoms with Crippen LogP contribution in [0.5, 0.6) is 0 Å². The number of ether oxygens (including phenoxy) is 1. The fourth-order valence-electron chi connectivity index (χ4n) is 4.93. The van der Waals surface area contributed by atoms with Gasteiger partial charge in [0.1, 0.15) is 6.04 Å². The Bertz CT molecular complexity index is 1250. The average molecular weight is 440 g/mol. The van der Waals surface area contributed by atoms with Crippen molar-refractivity contribution in [2.75, 3.05) is 12.0 Å². The van der Waals surface area contributed by atoms with E-state index in [1.165, 1.54) is 7.11 Å². The topological polar surface area (TPSA) is 84.0 Å². The first-order valence-electron chi connectivity index (χ1n) is 10.5. The standard InChI is InChI=1S/C26H20N2O5/c1-33-24(31)26-20(17-11-5-2-6-12-17)21(22(29)18-13-7-3-8-14-18)28(26)25(32)27(23(26)30)19-15-9-4-10-16-19/h2-16,20-21H,1H3/t20-,21+,26+/m1/s1. The molecule has 0 N–H and O–H groups in total. The van der Waals surface area contributed by atoms with Crippen LogP contribution in [0.4, 0.5) is 10.5 Å². The van der Waals surface area contributed by atoms with Crippen molar-refractivity contribution in [3.05, 3.63) is 102 Å². The molecule has 3 atom stereocenters. The first kappa shape index (κ1) is 20.6. The molecule has 2 aliphatic heterocycles. The third kappa shape index (κ3) is 2.75. The number of rotatable bonds is 5. The lowest BCUT2D eigenvalue weighted by Gasteiger charge is -2.54. The van der Waals surface area contributed by atoms with Crippen molar-refractivity contribution in [2.24, 2.45) is 0 Å². The summed E-state index contributed by atoms with van der Waals surface area (Å²) in [5.41, 5.74) is -0.647. The second-order valence-corrected chi connectivity index (χ2v) is 7.95. The zero-order valence-electron chi connectivity index (χ0n) is 17.8. The van der Waals surface area contributed by atoms with Gasteiger partial charge in [-0.3, -0.25) is 14.5 Å². The molecule has 7 nitrogen and oxygen atoms in total. The van der Waals surface area contributed by atoms with Crippen molar-refractivity contribution in [3.8, 4) is 0 Å². The number of nitrogens with zero attached hydrogens (tertiary/aromatic N) is 2. The van der Waals surface area contributed by atoms with Crippen molar-refractivity contribution in [2.45, 2.75) is 17.5 Å². The summed E-state index contributed by atoms with van der Waals surface area (Å²) in [4.78, 5) is 56.4. The molecule has 2 saturated heterocycles. The lowest BCUT2D eigenvalue weighted by atomic mass is 9.63. The number of benzene rings is 3. The first-order valence-corrected chi connectivity index (χ1v) is 10.5. The molecule has 0 saturated carbocycles. The van der Waals surface area contributed by atoms with Crippen LogP contribution in [0.3, 0.4) is 0 Å². The number of imide groups is 1. The molecule has 3 aromatic rings. The molecule has 0 bridgehead atoms. The molecule has 164 valence electrons. The van der Waals surface area contributed by atoms with Gasteiger partial charge in [0.05, 0.1) is 18.7 Å². The largest absolute Gasteiger partial charge is 0.467 e. The summed E-state index contributed by atoms with van der Waals surface area (Å²) < 4.78 is 5.06. The molecule has 33 heavy (non-hydrogen) atoms. The van der Waals surface area contributed by atoms with Crippen LogP contribution in [0.2, 0.25) is 0 Å². The van der Waals surface area contributed by atoms with Gasteiger partial charge >= 0.3 is 12.0 Å². The number of hydrogen-bond donors (Lipinski definition) is 0. The second kappa shape index (κ2) is 7.70. The van der Waals surface area contributed by atoms with E-state index in [1.54, 1.807) is 91.0 Å². The van der Waals surface area contributed by atoms with Crippen LogP contribution in [0, 0.1) is 0 Å². The minimum Gasteiger partial charge on any atom is -0.467 e. The van der Waals surface area contributed by atoms with Gasteiger partial charge in [0.2, 0.25) is 5.54 Å². The number of anilines is 1. The molecule has 2 aliphatic rings. The number of Topliss-reactive ketones (excluding diaryl/α,β-unsaturated/α-hetero) is 1. The lowest BCUT2D eigenvalue weighted by molar-refractivity contribution is -0.169. The van der Waals surface area contributed by atoms with Gasteiger partial charge in [-0.2, -0.15) is 0 Å². The van der Waals surface area contributed by atoms with Gasteiger partial charge < -0.3 is 4.74 Å². The van der Waals surface area contributed by atoms with E-state index in [1.807, 2.05) is 0 Å². The summed E-state index contributed by atoms with van der Waals surface area (Å²) in [5, 5.41) is 0. The number of carbonyl (C=O) groups is 4. The Morgan fingerprint density at radius 1 is 0.818 bits per heavy atom. The monoisotopic (exact) mass is 440 g/mol. The molecule has 2 heterocycles. The maximum Gasteiger partial charge on any atom is 0.342 e. The number of esters is 1. The van der Waals surface area contributed by atoms with Crippen molar-refractivity contribution >= 4 is 29.4 Å². The van der Waals surface area contributed by atoms with Gasteiger partial charge in [-0.25, -0.2) is 14.5 Å². The van der Waals surface area contributed by atoms with Crippen molar-refractivity contribution in [3.63, 3.8) is 0 Å². The van der Waals surface area contributed by atoms with Gasteiger partial charge in [-0.1, -0.05) is 78.9 Å². The third-order valence-electron chi connectivity index (χ3n) is 6.35. The molecule has 0 aliphatic carbocycles. The van der Waals surface area contributed by atoms with Gasteiger partial charge in [-0.05, 0) is 17.7 Å². The van der Waals surface area contributed by atoms with E-state index in [9.17, 15) is 19.2 Å². The SMILES string of the molecule is COC(=O)[C@]12C(=O)N(c3ccccc3)C(=O)N1[C@H](C(=O)c1ccccc1)[C@H]2c1ccccc1. The van der Waals surface area contributed by atoms with Crippen LogP contribution in [-0.2, 0) is 14.3 Å². The quantitative estimate of drug-likeness (QED) is 0.263. The highest BCUT2D eigenvalue weighted by Gasteiger charge is 2.79. The smallest absolute Gasteiger partial charge is 0.342 e. The van der Waals surface area contributed by atoms with Crippen LogP contribution in [0.15, 0.2) is 91.0 Å². The number of ketones is 1. The highest BCUT2D eigenvalue weighted by molar-refractivity contribution is 6.34. The molecular formula is C26H20N2O5. The number of fused-ring (bicyclic) bond motifs is 1. The molecule has 0 radical (unpaired) electrons. The number of carbonyl (C=O) groups excluding carboxylic acids is 4. The molecule has 2 fully saturated rings. The highest BCUT2D eigenvalue weighted by atomic mass is 16.5. The zero-order valence-corrected chi connectivity index (χ0v) is 17.8. The number of para-hydroxylation sites is 1. The van der Waals surface area contributed by atoms with Crippen LogP contribution in [-0.4, -0.2) is 47.3 Å². The van der Waals surface area contributed by atoms with E-state index in [0.717, 1.165) is 9.80 Å². The number of amides is 3. The summed E-state index contributed by atoms with van der Waals surface area (Å²) in [6, 6.07) is 24.0. The maximum absolute atomic E-state index is 13.8. The van der Waals surface area contributed by atoms with Gasteiger partial charge in [0, 0.05) is 5.56 Å². The summed E-state index contributed by atoms with van der Waals surface area (Å²) >= 11 is 0. The van der Waals surface area contributed by atoms with Gasteiger partial charge in [0.15, 0.2) is 5.78 Å². The van der Waals surface area contributed by atoms with E-state index in [0.29, 0.717) is 16.8 Å². The van der Waals surface area contributed by atoms with Crippen LogP contribution >= 0.6 is 0 Å².